The Morgan fingerprint density at radius 2 is 1.90 bits per heavy atom. The van der Waals surface area contributed by atoms with Gasteiger partial charge >= 0.3 is 12.0 Å². The summed E-state index contributed by atoms with van der Waals surface area (Å²) in [6, 6.07) is -0.564. The average molecular weight is 289 g/mol. The van der Waals surface area contributed by atoms with Crippen LogP contribution in [0.5, 0.6) is 0 Å². The predicted molar refractivity (Wildman–Crippen MR) is 72.4 cm³/mol. The molecule has 8 heteroatoms. The monoisotopic (exact) mass is 289 g/mol. The molecule has 20 heavy (non-hydrogen) atoms. The second-order valence-electron chi connectivity index (χ2n) is 4.35. The van der Waals surface area contributed by atoms with E-state index in [-0.39, 0.29) is 19.3 Å². The normalized spacial score (nSPS) is 10.3. The van der Waals surface area contributed by atoms with Crippen molar-refractivity contribution in [1.82, 2.24) is 15.5 Å². The summed E-state index contributed by atoms with van der Waals surface area (Å²) in [4.78, 5) is 34.9. The van der Waals surface area contributed by atoms with Crippen LogP contribution in [0.2, 0.25) is 0 Å². The largest absolute Gasteiger partial charge is 0.481 e. The Balaban J connectivity index is 3.62. The second-order valence-corrected chi connectivity index (χ2v) is 4.35. The molecule has 0 bridgehead atoms. The van der Waals surface area contributed by atoms with E-state index in [1.165, 1.54) is 0 Å². The molecular weight excluding hydrogens is 266 g/mol. The summed E-state index contributed by atoms with van der Waals surface area (Å²) in [6.45, 7) is 2.43. The molecule has 0 aliphatic heterocycles. The summed E-state index contributed by atoms with van der Waals surface area (Å²) < 4.78 is 4.92. The molecule has 0 fully saturated rings. The van der Waals surface area contributed by atoms with E-state index in [0.717, 1.165) is 6.54 Å². The predicted octanol–water partition coefficient (Wildman–Crippen LogP) is -0.355. The first-order chi connectivity index (χ1) is 9.45. The van der Waals surface area contributed by atoms with Gasteiger partial charge in [-0.05, 0) is 13.5 Å². The fourth-order valence-electron chi connectivity index (χ4n) is 1.35. The maximum absolute atomic E-state index is 11.3. The van der Waals surface area contributed by atoms with Gasteiger partial charge in [0.15, 0.2) is 0 Å². The third-order valence-corrected chi connectivity index (χ3v) is 2.50. The molecule has 0 heterocycles. The van der Waals surface area contributed by atoms with Gasteiger partial charge in [-0.15, -0.1) is 0 Å². The highest BCUT2D eigenvalue weighted by Gasteiger charge is 2.08. The number of carbonyl (C=O) groups excluding carboxylic acids is 2. The number of urea groups is 1. The average Bonchev–Trinajstić information content (AvgIpc) is 2.35. The fraction of sp³-hybridized carbons (Fsp3) is 0.750. The zero-order valence-electron chi connectivity index (χ0n) is 12.0. The number of hydrogen-bond acceptors (Lipinski definition) is 5. The number of rotatable bonds is 10. The first kappa shape index (κ1) is 18.3. The number of amides is 3. The van der Waals surface area contributed by atoms with Gasteiger partial charge in [0.25, 0.3) is 0 Å². The van der Waals surface area contributed by atoms with Crippen molar-refractivity contribution in [1.29, 1.82) is 0 Å². The molecule has 3 N–H and O–H groups in total. The Bertz CT molecular complexity index is 322. The molecule has 0 atom stereocenters. The highest BCUT2D eigenvalue weighted by molar-refractivity contribution is 5.94. The lowest BCUT2D eigenvalue weighted by Crippen LogP contribution is -2.42. The van der Waals surface area contributed by atoms with Gasteiger partial charge in [0.1, 0.15) is 0 Å². The minimum atomic E-state index is -0.957. The van der Waals surface area contributed by atoms with Crippen LogP contribution in [0.15, 0.2) is 0 Å². The quantitative estimate of drug-likeness (QED) is 0.507. The molecule has 0 aromatic rings. The Labute approximate surface area is 118 Å². The number of methoxy groups -OCH3 is 1. The van der Waals surface area contributed by atoms with E-state index in [1.807, 2.05) is 11.9 Å². The molecule has 0 aromatic heterocycles. The lowest BCUT2D eigenvalue weighted by molar-refractivity contribution is -0.137. The maximum Gasteiger partial charge on any atom is 0.321 e. The van der Waals surface area contributed by atoms with E-state index in [1.54, 1.807) is 7.11 Å². The van der Waals surface area contributed by atoms with Crippen LogP contribution in [-0.2, 0) is 14.3 Å². The number of likely N-dealkylation sites (N-methyl/N-ethyl adjacent to an activating group) is 1. The number of nitrogens with one attached hydrogen (secondary N) is 2. The Morgan fingerprint density at radius 1 is 1.20 bits per heavy atom. The first-order valence-electron chi connectivity index (χ1n) is 6.42. The fourth-order valence-corrected chi connectivity index (χ4v) is 1.35. The van der Waals surface area contributed by atoms with Crippen LogP contribution in [0.3, 0.4) is 0 Å². The standard InChI is InChI=1S/C12H23N3O5/c1-15(8-9-20-2)7-6-13-12(19)14-10(16)4-3-5-11(17)18/h3-9H2,1-2H3,(H,17,18)(H2,13,14,16,19). The first-order valence-corrected chi connectivity index (χ1v) is 6.42. The van der Waals surface area contributed by atoms with Gasteiger partial charge in [-0.3, -0.25) is 14.9 Å². The molecule has 0 aliphatic carbocycles. The van der Waals surface area contributed by atoms with Crippen LogP contribution < -0.4 is 10.6 Å². The van der Waals surface area contributed by atoms with E-state index in [9.17, 15) is 14.4 Å². The molecule has 116 valence electrons. The van der Waals surface area contributed by atoms with Gasteiger partial charge in [0.05, 0.1) is 6.61 Å². The second kappa shape index (κ2) is 11.2. The van der Waals surface area contributed by atoms with Gasteiger partial charge < -0.3 is 20.1 Å². The lowest BCUT2D eigenvalue weighted by atomic mass is 10.2. The molecule has 0 aliphatic rings. The number of nitrogens with zero attached hydrogens (tertiary/aromatic N) is 1. The van der Waals surface area contributed by atoms with E-state index >= 15 is 0 Å². The molecule has 8 nitrogen and oxygen atoms in total. The molecule has 0 aromatic carbocycles. The van der Waals surface area contributed by atoms with Gasteiger partial charge in [-0.1, -0.05) is 0 Å². The highest BCUT2D eigenvalue weighted by atomic mass is 16.5. The van der Waals surface area contributed by atoms with Crippen LogP contribution in [0.1, 0.15) is 19.3 Å². The van der Waals surface area contributed by atoms with Crippen LogP contribution in [0, 0.1) is 0 Å². The van der Waals surface area contributed by atoms with Crippen molar-refractivity contribution in [3.63, 3.8) is 0 Å². The molecule has 0 radical (unpaired) electrons. The summed E-state index contributed by atoms with van der Waals surface area (Å²) in [5.41, 5.74) is 0. The number of carboxylic acid groups (broad SMARTS) is 1. The smallest absolute Gasteiger partial charge is 0.321 e. The SMILES string of the molecule is COCCN(C)CCNC(=O)NC(=O)CCCC(=O)O. The maximum atomic E-state index is 11.3. The molecule has 0 spiro atoms. The lowest BCUT2D eigenvalue weighted by Gasteiger charge is -2.16. The van der Waals surface area contributed by atoms with Gasteiger partial charge in [-0.2, -0.15) is 0 Å². The molecule has 0 saturated carbocycles. The van der Waals surface area contributed by atoms with Crippen LogP contribution in [0.4, 0.5) is 4.79 Å². The van der Waals surface area contributed by atoms with Gasteiger partial charge in [0.2, 0.25) is 5.91 Å². The van der Waals surface area contributed by atoms with Gasteiger partial charge in [0, 0.05) is 39.6 Å². The zero-order chi connectivity index (χ0) is 15.4. The summed E-state index contributed by atoms with van der Waals surface area (Å²) in [5, 5.41) is 13.1. The highest BCUT2D eigenvalue weighted by Crippen LogP contribution is 1.94. The van der Waals surface area contributed by atoms with Crippen molar-refractivity contribution >= 4 is 17.9 Å². The van der Waals surface area contributed by atoms with E-state index in [2.05, 4.69) is 10.6 Å². The zero-order valence-corrected chi connectivity index (χ0v) is 12.0. The molecule has 0 unspecified atom stereocenters. The Hall–Kier alpha value is -1.67. The number of carboxylic acids is 1. The van der Waals surface area contributed by atoms with Crippen LogP contribution in [-0.4, -0.2) is 68.3 Å². The molecular formula is C12H23N3O5. The summed E-state index contributed by atoms with van der Waals surface area (Å²) >= 11 is 0. The molecule has 3 amide bonds. The third-order valence-electron chi connectivity index (χ3n) is 2.50. The van der Waals surface area contributed by atoms with Crippen molar-refractivity contribution < 1.29 is 24.2 Å². The number of carbonyl (C=O) groups is 3. The number of ether oxygens (including phenoxy) is 1. The summed E-state index contributed by atoms with van der Waals surface area (Å²) in [6.07, 6.45) is 0.154. The van der Waals surface area contributed by atoms with Crippen molar-refractivity contribution in [2.45, 2.75) is 19.3 Å². The van der Waals surface area contributed by atoms with Crippen molar-refractivity contribution in [2.75, 3.05) is 40.4 Å². The Morgan fingerprint density at radius 3 is 2.50 bits per heavy atom. The molecule has 0 rings (SSSR count). The minimum absolute atomic E-state index is 0.0213. The van der Waals surface area contributed by atoms with Crippen molar-refractivity contribution in [3.05, 3.63) is 0 Å². The number of aliphatic carboxylic acids is 1. The van der Waals surface area contributed by atoms with Crippen molar-refractivity contribution in [3.8, 4) is 0 Å². The topological polar surface area (TPSA) is 108 Å². The van der Waals surface area contributed by atoms with E-state index < -0.39 is 17.9 Å². The minimum Gasteiger partial charge on any atom is -0.481 e. The summed E-state index contributed by atoms with van der Waals surface area (Å²) in [5.74, 6) is -1.43. The number of hydrogen-bond donors (Lipinski definition) is 3. The van der Waals surface area contributed by atoms with Crippen molar-refractivity contribution in [2.24, 2.45) is 0 Å². The molecule has 0 saturated heterocycles. The van der Waals surface area contributed by atoms with E-state index in [4.69, 9.17) is 9.84 Å². The van der Waals surface area contributed by atoms with Crippen LogP contribution in [0.25, 0.3) is 0 Å². The Kier molecular flexibility index (Phi) is 10.2. The van der Waals surface area contributed by atoms with Crippen LogP contribution >= 0.6 is 0 Å². The summed E-state index contributed by atoms with van der Waals surface area (Å²) in [7, 11) is 3.52. The van der Waals surface area contributed by atoms with Gasteiger partial charge in [-0.25, -0.2) is 4.79 Å². The number of imide groups is 1. The van der Waals surface area contributed by atoms with E-state index in [0.29, 0.717) is 19.7 Å². The third kappa shape index (κ3) is 11.4.